The number of ketones is 1. The van der Waals surface area contributed by atoms with Gasteiger partial charge in [0.05, 0.1) is 5.41 Å². The first-order valence-corrected chi connectivity index (χ1v) is 9.34. The number of hydrogen-bond acceptors (Lipinski definition) is 3. The van der Waals surface area contributed by atoms with Gasteiger partial charge in [-0.15, -0.1) is 11.6 Å². The summed E-state index contributed by atoms with van der Waals surface area (Å²) in [6.07, 6.45) is 6.38. The Morgan fingerprint density at radius 3 is 2.29 bits per heavy atom. The summed E-state index contributed by atoms with van der Waals surface area (Å²) in [6, 6.07) is 6.91. The van der Waals surface area contributed by atoms with Gasteiger partial charge in [0.1, 0.15) is 5.75 Å². The lowest BCUT2D eigenvalue weighted by Crippen LogP contribution is -2.56. The molecule has 5 rings (SSSR count). The van der Waals surface area contributed by atoms with E-state index in [9.17, 15) is 9.59 Å². The number of carbonyl (C=O) groups excluding carboxylic acids is 2. The molecule has 1 aromatic carbocycles. The van der Waals surface area contributed by atoms with Crippen LogP contribution in [0.4, 0.5) is 0 Å². The lowest BCUT2D eigenvalue weighted by molar-refractivity contribution is -0.160. The van der Waals surface area contributed by atoms with Crippen LogP contribution in [0.1, 0.15) is 62.2 Å². The Balaban J connectivity index is 1.51. The van der Waals surface area contributed by atoms with E-state index < -0.39 is 5.41 Å². The highest BCUT2D eigenvalue weighted by Crippen LogP contribution is 2.64. The first-order valence-electron chi connectivity index (χ1n) is 8.96. The molecule has 0 aromatic heterocycles. The van der Waals surface area contributed by atoms with Crippen molar-refractivity contribution >= 4 is 23.4 Å². The molecule has 0 spiro atoms. The monoisotopic (exact) mass is 346 g/mol. The van der Waals surface area contributed by atoms with Crippen LogP contribution in [-0.2, 0) is 4.79 Å². The number of benzene rings is 1. The molecule has 4 heteroatoms. The van der Waals surface area contributed by atoms with Crippen molar-refractivity contribution in [3.8, 4) is 5.75 Å². The van der Waals surface area contributed by atoms with Crippen LogP contribution in [0.25, 0.3) is 0 Å². The first-order chi connectivity index (χ1) is 11.4. The lowest BCUT2D eigenvalue weighted by Gasteiger charge is -2.58. The van der Waals surface area contributed by atoms with Gasteiger partial charge in [0.25, 0.3) is 0 Å². The van der Waals surface area contributed by atoms with Crippen LogP contribution in [0.2, 0.25) is 0 Å². The zero-order valence-corrected chi connectivity index (χ0v) is 14.8. The Morgan fingerprint density at radius 2 is 1.75 bits per heavy atom. The quantitative estimate of drug-likeness (QED) is 0.341. The standard InChI is InChI=1S/C20H23ClO3/c1-2-17(22)15-3-5-16(6-4-15)24-18(23)19-8-13-7-14(9-19)11-20(21,10-13)12-19/h3-6,13-14H,2,7-12H2,1H3. The minimum Gasteiger partial charge on any atom is -0.426 e. The fourth-order valence-corrected chi connectivity index (χ4v) is 6.21. The predicted octanol–water partition coefficient (Wildman–Crippen LogP) is 4.76. The number of Topliss-reactive ketones (excluding diaryl/α,β-unsaturated/α-hetero) is 1. The van der Waals surface area contributed by atoms with Crippen LogP contribution in [0.15, 0.2) is 24.3 Å². The van der Waals surface area contributed by atoms with Crippen LogP contribution in [0, 0.1) is 17.3 Å². The summed E-state index contributed by atoms with van der Waals surface area (Å²) in [4.78, 5) is 24.4. The summed E-state index contributed by atoms with van der Waals surface area (Å²) in [5.41, 5.74) is 0.260. The molecule has 2 atom stereocenters. The minimum atomic E-state index is -0.399. The second-order valence-corrected chi connectivity index (χ2v) is 8.88. The van der Waals surface area contributed by atoms with Gasteiger partial charge in [-0.3, -0.25) is 9.59 Å². The van der Waals surface area contributed by atoms with Crippen molar-refractivity contribution in [2.24, 2.45) is 17.3 Å². The fraction of sp³-hybridized carbons (Fsp3) is 0.600. The molecule has 0 saturated heterocycles. The van der Waals surface area contributed by atoms with E-state index in [2.05, 4.69) is 0 Å². The molecular formula is C20H23ClO3. The van der Waals surface area contributed by atoms with E-state index in [1.165, 1.54) is 6.42 Å². The third-order valence-corrected chi connectivity index (χ3v) is 6.57. The van der Waals surface area contributed by atoms with E-state index in [1.54, 1.807) is 24.3 Å². The lowest BCUT2D eigenvalue weighted by atomic mass is 9.49. The van der Waals surface area contributed by atoms with Crippen LogP contribution in [-0.4, -0.2) is 16.6 Å². The van der Waals surface area contributed by atoms with Crippen LogP contribution in [0.5, 0.6) is 5.75 Å². The average Bonchev–Trinajstić information content (AvgIpc) is 2.52. The van der Waals surface area contributed by atoms with Crippen LogP contribution in [0.3, 0.4) is 0 Å². The molecule has 3 nitrogen and oxygen atoms in total. The number of esters is 1. The molecule has 4 aliphatic rings. The van der Waals surface area contributed by atoms with E-state index in [1.807, 2.05) is 6.92 Å². The van der Waals surface area contributed by atoms with Crippen molar-refractivity contribution < 1.29 is 14.3 Å². The molecule has 4 aliphatic carbocycles. The molecule has 24 heavy (non-hydrogen) atoms. The SMILES string of the molecule is CCC(=O)c1ccc(OC(=O)C23CC4CC(CC(Cl)(C4)C2)C3)cc1. The second kappa shape index (κ2) is 5.59. The molecule has 2 unspecified atom stereocenters. The largest absolute Gasteiger partial charge is 0.426 e. The molecule has 4 bridgehead atoms. The number of ether oxygens (including phenoxy) is 1. The highest BCUT2D eigenvalue weighted by molar-refractivity contribution is 6.24. The molecule has 128 valence electrons. The molecule has 0 amide bonds. The molecule has 4 fully saturated rings. The van der Waals surface area contributed by atoms with E-state index in [0.717, 1.165) is 32.1 Å². The van der Waals surface area contributed by atoms with Crippen molar-refractivity contribution in [3.05, 3.63) is 29.8 Å². The van der Waals surface area contributed by atoms with Gasteiger partial charge < -0.3 is 4.74 Å². The predicted molar refractivity (Wildman–Crippen MR) is 92.4 cm³/mol. The number of rotatable bonds is 4. The summed E-state index contributed by atoms with van der Waals surface area (Å²) in [5, 5.41) is 0. The van der Waals surface area contributed by atoms with Crippen molar-refractivity contribution in [1.29, 1.82) is 0 Å². The number of halogens is 1. The molecule has 0 aliphatic heterocycles. The summed E-state index contributed by atoms with van der Waals surface area (Å²) < 4.78 is 5.70. The smallest absolute Gasteiger partial charge is 0.317 e. The molecule has 4 saturated carbocycles. The maximum atomic E-state index is 12.9. The summed E-state index contributed by atoms with van der Waals surface area (Å²) in [7, 11) is 0. The van der Waals surface area contributed by atoms with Gasteiger partial charge >= 0.3 is 5.97 Å². The maximum Gasteiger partial charge on any atom is 0.317 e. The van der Waals surface area contributed by atoms with Gasteiger partial charge in [0.2, 0.25) is 0 Å². The third-order valence-electron chi connectivity index (χ3n) is 6.13. The Morgan fingerprint density at radius 1 is 1.12 bits per heavy atom. The Hall–Kier alpha value is -1.35. The Bertz CT molecular complexity index is 665. The van der Waals surface area contributed by atoms with Gasteiger partial charge in [-0.2, -0.15) is 0 Å². The highest BCUT2D eigenvalue weighted by Gasteiger charge is 2.60. The van der Waals surface area contributed by atoms with Gasteiger partial charge in [0.15, 0.2) is 5.78 Å². The maximum absolute atomic E-state index is 12.9. The average molecular weight is 347 g/mol. The molecule has 0 N–H and O–H groups in total. The van der Waals surface area contributed by atoms with Gasteiger partial charge in [-0.1, -0.05) is 6.92 Å². The summed E-state index contributed by atoms with van der Waals surface area (Å²) in [5.74, 6) is 1.63. The van der Waals surface area contributed by atoms with Crippen molar-refractivity contribution in [2.45, 2.75) is 56.7 Å². The molecule has 0 radical (unpaired) electrons. The highest BCUT2D eigenvalue weighted by atomic mass is 35.5. The van der Waals surface area contributed by atoms with Crippen LogP contribution >= 0.6 is 11.6 Å². The van der Waals surface area contributed by atoms with Crippen molar-refractivity contribution in [3.63, 3.8) is 0 Å². The van der Waals surface area contributed by atoms with E-state index in [-0.39, 0.29) is 16.6 Å². The van der Waals surface area contributed by atoms with E-state index in [0.29, 0.717) is 29.6 Å². The second-order valence-electron chi connectivity index (χ2n) is 8.08. The fourth-order valence-electron chi connectivity index (χ4n) is 5.52. The third kappa shape index (κ3) is 2.67. The Kier molecular flexibility index (Phi) is 3.76. The Labute approximate surface area is 147 Å². The number of alkyl halides is 1. The van der Waals surface area contributed by atoms with E-state index >= 15 is 0 Å². The molecular weight excluding hydrogens is 324 g/mol. The zero-order chi connectivity index (χ0) is 16.9. The molecule has 0 heterocycles. The summed E-state index contributed by atoms with van der Waals surface area (Å²) in [6.45, 7) is 1.84. The topological polar surface area (TPSA) is 43.4 Å². The number of hydrogen-bond donors (Lipinski definition) is 0. The zero-order valence-electron chi connectivity index (χ0n) is 14.0. The van der Waals surface area contributed by atoms with Crippen molar-refractivity contribution in [2.75, 3.05) is 0 Å². The normalized spacial score (nSPS) is 36.6. The molecule has 1 aromatic rings. The minimum absolute atomic E-state index is 0.0954. The van der Waals surface area contributed by atoms with Gasteiger partial charge in [0, 0.05) is 16.9 Å². The first kappa shape index (κ1) is 16.1. The van der Waals surface area contributed by atoms with Crippen LogP contribution < -0.4 is 4.74 Å². The van der Waals surface area contributed by atoms with E-state index in [4.69, 9.17) is 16.3 Å². The van der Waals surface area contributed by atoms with Gasteiger partial charge in [-0.25, -0.2) is 0 Å². The number of carbonyl (C=O) groups is 2. The van der Waals surface area contributed by atoms with Crippen molar-refractivity contribution in [1.82, 2.24) is 0 Å². The summed E-state index contributed by atoms with van der Waals surface area (Å²) >= 11 is 6.79. The van der Waals surface area contributed by atoms with Gasteiger partial charge in [-0.05, 0) is 74.6 Å².